The minimum atomic E-state index is 0. The molecule has 1 heterocycles. The third-order valence-electron chi connectivity index (χ3n) is 5.73. The van der Waals surface area contributed by atoms with E-state index in [0.29, 0.717) is 13.0 Å². The van der Waals surface area contributed by atoms with E-state index in [0.717, 1.165) is 38.3 Å². The lowest BCUT2D eigenvalue weighted by Gasteiger charge is -2.35. The average Bonchev–Trinajstić information content (AvgIpc) is 2.54. The molecular weight excluding hydrogens is 345 g/mol. The maximum absolute atomic E-state index is 12.2. The van der Waals surface area contributed by atoms with Crippen molar-refractivity contribution in [1.82, 2.24) is 10.2 Å². The van der Waals surface area contributed by atoms with Gasteiger partial charge in [-0.25, -0.2) is 0 Å². The number of hydrogen-bond acceptors (Lipinski definition) is 3. The van der Waals surface area contributed by atoms with Crippen molar-refractivity contribution in [2.75, 3.05) is 32.7 Å². The Hall–Kier alpha value is -0.0300. The third kappa shape index (κ3) is 7.90. The van der Waals surface area contributed by atoms with Gasteiger partial charge in [-0.15, -0.1) is 24.8 Å². The zero-order chi connectivity index (χ0) is 15.8. The molecule has 0 bridgehead atoms. The van der Waals surface area contributed by atoms with E-state index in [2.05, 4.69) is 17.1 Å². The van der Waals surface area contributed by atoms with Crippen LogP contribution < -0.4 is 11.1 Å². The monoisotopic (exact) mass is 381 g/mol. The van der Waals surface area contributed by atoms with Gasteiger partial charge in [0.05, 0.1) is 0 Å². The van der Waals surface area contributed by atoms with E-state index >= 15 is 0 Å². The van der Waals surface area contributed by atoms with E-state index in [1.165, 1.54) is 45.2 Å². The van der Waals surface area contributed by atoms with Gasteiger partial charge in [0, 0.05) is 13.0 Å². The number of amides is 1. The number of likely N-dealkylation sites (tertiary alicyclic amines) is 1. The molecule has 0 unspecified atom stereocenters. The molecule has 0 spiro atoms. The molecule has 24 heavy (non-hydrogen) atoms. The number of nitrogens with two attached hydrogens (primary N) is 1. The molecule has 1 amide bonds. The van der Waals surface area contributed by atoms with Crippen molar-refractivity contribution in [3.63, 3.8) is 0 Å². The van der Waals surface area contributed by atoms with E-state index in [1.54, 1.807) is 0 Å². The molecule has 0 aromatic heterocycles. The highest BCUT2D eigenvalue weighted by Crippen LogP contribution is 2.38. The number of hydrogen-bond donors (Lipinski definition) is 2. The molecule has 1 aliphatic heterocycles. The zero-order valence-electron chi connectivity index (χ0n) is 15.2. The Bertz CT molecular complexity index is 341. The molecule has 0 aromatic rings. The summed E-state index contributed by atoms with van der Waals surface area (Å²) in [6.07, 6.45) is 10.4. The van der Waals surface area contributed by atoms with Gasteiger partial charge in [-0.1, -0.05) is 26.2 Å². The first-order valence-electron chi connectivity index (χ1n) is 9.33. The highest BCUT2D eigenvalue weighted by molar-refractivity contribution is 5.85. The van der Waals surface area contributed by atoms with Crippen molar-refractivity contribution < 1.29 is 4.79 Å². The van der Waals surface area contributed by atoms with Gasteiger partial charge in [-0.3, -0.25) is 4.79 Å². The Balaban J connectivity index is 0.00000264. The van der Waals surface area contributed by atoms with Crippen LogP contribution in [0, 0.1) is 11.3 Å². The fourth-order valence-electron chi connectivity index (χ4n) is 3.97. The summed E-state index contributed by atoms with van der Waals surface area (Å²) in [6.45, 7) is 7.39. The molecular formula is C18H37Cl2N3O. The highest BCUT2D eigenvalue weighted by Gasteiger charge is 2.32. The van der Waals surface area contributed by atoms with Crippen LogP contribution in [0.4, 0.5) is 0 Å². The second kappa shape index (κ2) is 12.3. The number of nitrogens with one attached hydrogen (secondary N) is 1. The lowest BCUT2D eigenvalue weighted by atomic mass is 9.71. The molecule has 0 radical (unpaired) electrons. The summed E-state index contributed by atoms with van der Waals surface area (Å²) in [7, 11) is 0. The second-order valence-electron chi connectivity index (χ2n) is 7.67. The summed E-state index contributed by atoms with van der Waals surface area (Å²) >= 11 is 0. The molecule has 2 rings (SSSR count). The molecule has 2 aliphatic rings. The number of carbonyl (C=O) groups is 1. The summed E-state index contributed by atoms with van der Waals surface area (Å²) in [5, 5.41) is 3.12. The van der Waals surface area contributed by atoms with Crippen molar-refractivity contribution in [2.45, 2.75) is 64.7 Å². The van der Waals surface area contributed by atoms with Crippen LogP contribution in [-0.4, -0.2) is 43.5 Å². The maximum Gasteiger partial charge on any atom is 0.220 e. The number of halogens is 2. The standard InChI is InChI=1S/C18H35N3O.2ClH/c1-16-6-12-21(13-7-16)11-5-10-20-17(22)14-18(15-19)8-3-2-4-9-18;;/h16H,2-15,19H2,1H3,(H,20,22);2*1H. The minimum absolute atomic E-state index is 0. The Morgan fingerprint density at radius 1 is 1.17 bits per heavy atom. The first-order chi connectivity index (χ1) is 10.6. The van der Waals surface area contributed by atoms with Crippen LogP contribution in [0.1, 0.15) is 64.7 Å². The van der Waals surface area contributed by atoms with E-state index in [1.807, 2.05) is 0 Å². The van der Waals surface area contributed by atoms with Gasteiger partial charge < -0.3 is 16.0 Å². The number of rotatable bonds is 7. The largest absolute Gasteiger partial charge is 0.356 e. The molecule has 2 fully saturated rings. The first kappa shape index (κ1) is 24.0. The van der Waals surface area contributed by atoms with Crippen LogP contribution in [0.5, 0.6) is 0 Å². The summed E-state index contributed by atoms with van der Waals surface area (Å²) in [4.78, 5) is 14.7. The van der Waals surface area contributed by atoms with Crippen molar-refractivity contribution in [1.29, 1.82) is 0 Å². The van der Waals surface area contributed by atoms with Crippen LogP contribution in [0.25, 0.3) is 0 Å². The van der Waals surface area contributed by atoms with E-state index in [9.17, 15) is 4.79 Å². The summed E-state index contributed by atoms with van der Waals surface area (Å²) in [5.41, 5.74) is 6.05. The topological polar surface area (TPSA) is 58.4 Å². The highest BCUT2D eigenvalue weighted by atomic mass is 35.5. The predicted molar refractivity (Wildman–Crippen MR) is 106 cm³/mol. The normalized spacial score (nSPS) is 21.4. The van der Waals surface area contributed by atoms with Gasteiger partial charge >= 0.3 is 0 Å². The molecule has 144 valence electrons. The Morgan fingerprint density at radius 2 is 1.79 bits per heavy atom. The van der Waals surface area contributed by atoms with Crippen LogP contribution in [0.3, 0.4) is 0 Å². The maximum atomic E-state index is 12.2. The van der Waals surface area contributed by atoms with E-state index < -0.39 is 0 Å². The lowest BCUT2D eigenvalue weighted by molar-refractivity contribution is -0.123. The van der Waals surface area contributed by atoms with Gasteiger partial charge in [0.25, 0.3) is 0 Å². The van der Waals surface area contributed by atoms with Crippen LogP contribution >= 0.6 is 24.8 Å². The summed E-state index contributed by atoms with van der Waals surface area (Å²) in [5.74, 6) is 1.10. The average molecular weight is 382 g/mol. The summed E-state index contributed by atoms with van der Waals surface area (Å²) in [6, 6.07) is 0. The Morgan fingerprint density at radius 3 is 2.38 bits per heavy atom. The number of nitrogens with zero attached hydrogens (tertiary/aromatic N) is 1. The van der Waals surface area contributed by atoms with Gasteiger partial charge in [0.15, 0.2) is 0 Å². The number of piperidine rings is 1. The smallest absolute Gasteiger partial charge is 0.220 e. The Kier molecular flexibility index (Phi) is 12.3. The van der Waals surface area contributed by atoms with Crippen molar-refractivity contribution in [2.24, 2.45) is 17.1 Å². The predicted octanol–water partition coefficient (Wildman–Crippen LogP) is 3.37. The fourth-order valence-corrected chi connectivity index (χ4v) is 3.97. The van der Waals surface area contributed by atoms with Crippen LogP contribution in [-0.2, 0) is 4.79 Å². The van der Waals surface area contributed by atoms with Crippen molar-refractivity contribution >= 4 is 30.7 Å². The summed E-state index contributed by atoms with van der Waals surface area (Å²) < 4.78 is 0. The molecule has 3 N–H and O–H groups in total. The Labute approximate surface area is 160 Å². The number of carbonyl (C=O) groups excluding carboxylic acids is 1. The van der Waals surface area contributed by atoms with Crippen molar-refractivity contribution in [3.8, 4) is 0 Å². The van der Waals surface area contributed by atoms with Gasteiger partial charge in [0.1, 0.15) is 0 Å². The molecule has 1 saturated carbocycles. The SMILES string of the molecule is CC1CCN(CCCNC(=O)CC2(CN)CCCCC2)CC1.Cl.Cl. The fraction of sp³-hybridized carbons (Fsp3) is 0.944. The zero-order valence-corrected chi connectivity index (χ0v) is 16.9. The molecule has 4 nitrogen and oxygen atoms in total. The minimum Gasteiger partial charge on any atom is -0.356 e. The van der Waals surface area contributed by atoms with E-state index in [-0.39, 0.29) is 36.1 Å². The molecule has 0 aromatic carbocycles. The molecule has 6 heteroatoms. The third-order valence-corrected chi connectivity index (χ3v) is 5.73. The van der Waals surface area contributed by atoms with Gasteiger partial charge in [0.2, 0.25) is 5.91 Å². The second-order valence-corrected chi connectivity index (χ2v) is 7.67. The molecule has 0 atom stereocenters. The lowest BCUT2D eigenvalue weighted by Crippen LogP contribution is -2.39. The molecule has 1 aliphatic carbocycles. The van der Waals surface area contributed by atoms with Gasteiger partial charge in [-0.05, 0) is 69.6 Å². The van der Waals surface area contributed by atoms with E-state index in [4.69, 9.17) is 5.73 Å². The van der Waals surface area contributed by atoms with Crippen molar-refractivity contribution in [3.05, 3.63) is 0 Å². The quantitative estimate of drug-likeness (QED) is 0.664. The molecule has 1 saturated heterocycles. The van der Waals surface area contributed by atoms with Crippen LogP contribution in [0.15, 0.2) is 0 Å². The van der Waals surface area contributed by atoms with Gasteiger partial charge in [-0.2, -0.15) is 0 Å². The van der Waals surface area contributed by atoms with Crippen LogP contribution in [0.2, 0.25) is 0 Å². The first-order valence-corrected chi connectivity index (χ1v) is 9.33.